The van der Waals surface area contributed by atoms with E-state index in [4.69, 9.17) is 11.5 Å². The van der Waals surface area contributed by atoms with Crippen LogP contribution in [0, 0.1) is 18.3 Å². The maximum atomic E-state index is 8.58. The fourth-order valence-electron chi connectivity index (χ4n) is 0.644. The first kappa shape index (κ1) is 8.52. The zero-order valence-corrected chi connectivity index (χ0v) is 5.93. The van der Waals surface area contributed by atoms with Gasteiger partial charge < -0.3 is 5.11 Å². The fourth-order valence-corrected chi connectivity index (χ4v) is 0.644. The number of aliphatic hydroxyl groups is 1. The Labute approximate surface area is 57.1 Å². The minimum Gasteiger partial charge on any atom is -0.396 e. The van der Waals surface area contributed by atoms with Crippen LogP contribution in [0.3, 0.4) is 0 Å². The van der Waals surface area contributed by atoms with Crippen LogP contribution in [0.5, 0.6) is 0 Å². The standard InChI is InChI=1S/C8H14O/c1-3-4-5-6-8(2)7-9/h1,8-9H,4-7H2,2H3. The van der Waals surface area contributed by atoms with Gasteiger partial charge in [-0.15, -0.1) is 12.3 Å². The Morgan fingerprint density at radius 1 is 1.67 bits per heavy atom. The highest BCUT2D eigenvalue weighted by Crippen LogP contribution is 2.05. The minimum atomic E-state index is 0.282. The van der Waals surface area contributed by atoms with Gasteiger partial charge in [0.2, 0.25) is 0 Å². The van der Waals surface area contributed by atoms with Gasteiger partial charge in [0.1, 0.15) is 0 Å². The molecule has 0 bridgehead atoms. The second-order valence-corrected chi connectivity index (χ2v) is 2.38. The molecule has 0 spiro atoms. The second-order valence-electron chi connectivity index (χ2n) is 2.38. The van der Waals surface area contributed by atoms with Crippen molar-refractivity contribution in [2.75, 3.05) is 6.61 Å². The second kappa shape index (κ2) is 5.65. The third-order valence-electron chi connectivity index (χ3n) is 1.33. The van der Waals surface area contributed by atoms with E-state index < -0.39 is 0 Å². The SMILES string of the molecule is C#CCCCC(C)CO. The molecule has 0 aliphatic carbocycles. The van der Waals surface area contributed by atoms with E-state index in [-0.39, 0.29) is 6.61 Å². The van der Waals surface area contributed by atoms with Crippen molar-refractivity contribution < 1.29 is 5.11 Å². The van der Waals surface area contributed by atoms with Crippen LogP contribution in [0.1, 0.15) is 26.2 Å². The molecule has 1 atom stereocenters. The van der Waals surface area contributed by atoms with Crippen molar-refractivity contribution in [2.24, 2.45) is 5.92 Å². The number of aliphatic hydroxyl groups excluding tert-OH is 1. The number of terminal acetylenes is 1. The minimum absolute atomic E-state index is 0.282. The van der Waals surface area contributed by atoms with Crippen LogP contribution in [0.4, 0.5) is 0 Å². The van der Waals surface area contributed by atoms with Crippen molar-refractivity contribution in [1.29, 1.82) is 0 Å². The molecular weight excluding hydrogens is 112 g/mol. The maximum absolute atomic E-state index is 8.58. The van der Waals surface area contributed by atoms with E-state index in [2.05, 4.69) is 5.92 Å². The molecule has 0 saturated carbocycles. The van der Waals surface area contributed by atoms with Crippen LogP contribution < -0.4 is 0 Å². The summed E-state index contributed by atoms with van der Waals surface area (Å²) >= 11 is 0. The Bertz CT molecular complexity index is 91.2. The number of rotatable bonds is 4. The fraction of sp³-hybridized carbons (Fsp3) is 0.750. The third kappa shape index (κ3) is 5.39. The molecule has 9 heavy (non-hydrogen) atoms. The monoisotopic (exact) mass is 126 g/mol. The Kier molecular flexibility index (Phi) is 5.35. The van der Waals surface area contributed by atoms with Crippen LogP contribution in [0.25, 0.3) is 0 Å². The highest BCUT2D eigenvalue weighted by atomic mass is 16.3. The topological polar surface area (TPSA) is 20.2 Å². The predicted molar refractivity (Wildman–Crippen MR) is 38.9 cm³/mol. The van der Waals surface area contributed by atoms with Crippen LogP contribution >= 0.6 is 0 Å². The van der Waals surface area contributed by atoms with E-state index >= 15 is 0 Å². The molecule has 0 aliphatic heterocycles. The molecule has 0 heterocycles. The summed E-state index contributed by atoms with van der Waals surface area (Å²) in [6, 6.07) is 0. The number of hydrogen-bond donors (Lipinski definition) is 1. The van der Waals surface area contributed by atoms with Crippen LogP contribution in [0.2, 0.25) is 0 Å². The number of unbranched alkanes of at least 4 members (excludes halogenated alkanes) is 1. The molecule has 0 amide bonds. The smallest absolute Gasteiger partial charge is 0.0456 e. The molecule has 0 aromatic heterocycles. The van der Waals surface area contributed by atoms with E-state index in [1.54, 1.807) is 0 Å². The van der Waals surface area contributed by atoms with Gasteiger partial charge in [0.25, 0.3) is 0 Å². The molecule has 0 radical (unpaired) electrons. The first-order chi connectivity index (χ1) is 4.31. The van der Waals surface area contributed by atoms with Gasteiger partial charge in [0.15, 0.2) is 0 Å². The van der Waals surface area contributed by atoms with Gasteiger partial charge >= 0.3 is 0 Å². The molecule has 52 valence electrons. The molecule has 1 N–H and O–H groups in total. The Morgan fingerprint density at radius 3 is 2.78 bits per heavy atom. The van der Waals surface area contributed by atoms with Gasteiger partial charge in [0.05, 0.1) is 0 Å². The van der Waals surface area contributed by atoms with Gasteiger partial charge in [-0.2, -0.15) is 0 Å². The summed E-state index contributed by atoms with van der Waals surface area (Å²) < 4.78 is 0. The van der Waals surface area contributed by atoms with Gasteiger partial charge in [-0.25, -0.2) is 0 Å². The molecular formula is C8H14O. The number of hydrogen-bond acceptors (Lipinski definition) is 1. The lowest BCUT2D eigenvalue weighted by atomic mass is 10.1. The predicted octanol–water partition coefficient (Wildman–Crippen LogP) is 1.42. The lowest BCUT2D eigenvalue weighted by molar-refractivity contribution is 0.228. The molecule has 0 fully saturated rings. The third-order valence-corrected chi connectivity index (χ3v) is 1.33. The normalized spacial score (nSPS) is 12.6. The highest BCUT2D eigenvalue weighted by molar-refractivity contribution is 4.82. The first-order valence-corrected chi connectivity index (χ1v) is 3.35. The zero-order valence-electron chi connectivity index (χ0n) is 5.93. The van der Waals surface area contributed by atoms with Crippen molar-refractivity contribution >= 4 is 0 Å². The van der Waals surface area contributed by atoms with E-state index in [0.717, 1.165) is 19.3 Å². The van der Waals surface area contributed by atoms with Crippen molar-refractivity contribution in [2.45, 2.75) is 26.2 Å². The molecule has 1 heteroatoms. The van der Waals surface area contributed by atoms with Gasteiger partial charge in [0, 0.05) is 13.0 Å². The van der Waals surface area contributed by atoms with Crippen molar-refractivity contribution in [3.05, 3.63) is 0 Å². The zero-order chi connectivity index (χ0) is 7.11. The summed E-state index contributed by atoms with van der Waals surface area (Å²) in [6.45, 7) is 2.31. The van der Waals surface area contributed by atoms with E-state index in [1.165, 1.54) is 0 Å². The Balaban J connectivity index is 2.99. The summed E-state index contributed by atoms with van der Waals surface area (Å²) in [7, 11) is 0. The van der Waals surface area contributed by atoms with Crippen molar-refractivity contribution in [3.8, 4) is 12.3 Å². The van der Waals surface area contributed by atoms with Crippen LogP contribution in [-0.4, -0.2) is 11.7 Å². The van der Waals surface area contributed by atoms with Crippen molar-refractivity contribution in [3.63, 3.8) is 0 Å². The van der Waals surface area contributed by atoms with Gasteiger partial charge in [-0.05, 0) is 18.8 Å². The quantitative estimate of drug-likeness (QED) is 0.446. The lowest BCUT2D eigenvalue weighted by Crippen LogP contribution is -1.99. The van der Waals surface area contributed by atoms with E-state index in [0.29, 0.717) is 5.92 Å². The average molecular weight is 126 g/mol. The summed E-state index contributed by atoms with van der Waals surface area (Å²) in [6.07, 6.45) is 7.96. The molecule has 1 nitrogen and oxygen atoms in total. The average Bonchev–Trinajstić information content (AvgIpc) is 1.89. The summed E-state index contributed by atoms with van der Waals surface area (Å²) in [5.74, 6) is 2.98. The first-order valence-electron chi connectivity index (χ1n) is 3.35. The summed E-state index contributed by atoms with van der Waals surface area (Å²) in [4.78, 5) is 0. The van der Waals surface area contributed by atoms with E-state index in [9.17, 15) is 0 Å². The lowest BCUT2D eigenvalue weighted by Gasteiger charge is -2.03. The maximum Gasteiger partial charge on any atom is 0.0456 e. The van der Waals surface area contributed by atoms with Crippen LogP contribution in [0.15, 0.2) is 0 Å². The summed E-state index contributed by atoms with van der Waals surface area (Å²) in [5, 5.41) is 8.58. The van der Waals surface area contributed by atoms with Crippen LogP contribution in [-0.2, 0) is 0 Å². The Morgan fingerprint density at radius 2 is 2.33 bits per heavy atom. The van der Waals surface area contributed by atoms with Gasteiger partial charge in [-0.3, -0.25) is 0 Å². The molecule has 0 saturated heterocycles. The molecule has 0 aromatic carbocycles. The largest absolute Gasteiger partial charge is 0.396 e. The van der Waals surface area contributed by atoms with Gasteiger partial charge in [-0.1, -0.05) is 6.92 Å². The molecule has 1 unspecified atom stereocenters. The summed E-state index contributed by atoms with van der Waals surface area (Å²) in [5.41, 5.74) is 0. The van der Waals surface area contributed by atoms with Crippen molar-refractivity contribution in [1.82, 2.24) is 0 Å². The molecule has 0 rings (SSSR count). The van der Waals surface area contributed by atoms with E-state index in [1.807, 2.05) is 6.92 Å². The molecule has 0 aromatic rings. The Hall–Kier alpha value is -0.480. The highest BCUT2D eigenvalue weighted by Gasteiger charge is 1.96. The molecule has 0 aliphatic rings.